The van der Waals surface area contributed by atoms with E-state index in [9.17, 15) is 9.59 Å². The van der Waals surface area contributed by atoms with Gasteiger partial charge in [-0.25, -0.2) is 4.79 Å². The Bertz CT molecular complexity index is 576. The van der Waals surface area contributed by atoms with Gasteiger partial charge in [-0.2, -0.15) is 11.8 Å². The lowest BCUT2D eigenvalue weighted by Crippen LogP contribution is -2.36. The average molecular weight is 333 g/mol. The summed E-state index contributed by atoms with van der Waals surface area (Å²) >= 11 is 1.92. The van der Waals surface area contributed by atoms with Gasteiger partial charge in [0.15, 0.2) is 0 Å². The zero-order chi connectivity index (χ0) is 16.2. The highest BCUT2D eigenvalue weighted by atomic mass is 32.2. The van der Waals surface area contributed by atoms with Crippen LogP contribution in [-0.4, -0.2) is 35.0 Å². The van der Waals surface area contributed by atoms with Gasteiger partial charge >= 0.3 is 6.03 Å². The van der Waals surface area contributed by atoms with Gasteiger partial charge in [-0.05, 0) is 31.9 Å². The molecular weight excluding hydrogens is 310 g/mol. The molecule has 1 aromatic carbocycles. The van der Waals surface area contributed by atoms with Crippen LogP contribution in [0.5, 0.6) is 0 Å². The van der Waals surface area contributed by atoms with Gasteiger partial charge in [0.2, 0.25) is 5.91 Å². The van der Waals surface area contributed by atoms with Crippen molar-refractivity contribution in [3.05, 3.63) is 29.8 Å². The van der Waals surface area contributed by atoms with Crippen molar-refractivity contribution in [2.24, 2.45) is 0 Å². The van der Waals surface area contributed by atoms with Crippen LogP contribution in [0.1, 0.15) is 31.2 Å². The van der Waals surface area contributed by atoms with Crippen LogP contribution in [0.15, 0.2) is 24.3 Å². The Balaban J connectivity index is 1.34. The highest BCUT2D eigenvalue weighted by Crippen LogP contribution is 2.33. The summed E-state index contributed by atoms with van der Waals surface area (Å²) < 4.78 is 0. The first-order chi connectivity index (χ1) is 11.1. The van der Waals surface area contributed by atoms with Crippen molar-refractivity contribution >= 4 is 29.4 Å². The third-order valence-electron chi connectivity index (χ3n) is 4.42. The molecular formula is C17H23N3O2S. The van der Waals surface area contributed by atoms with E-state index >= 15 is 0 Å². The number of hydrogen-bond donors (Lipinski definition) is 3. The van der Waals surface area contributed by atoms with Crippen LogP contribution in [0.3, 0.4) is 0 Å². The Labute approximate surface area is 141 Å². The van der Waals surface area contributed by atoms with E-state index in [0.717, 1.165) is 30.7 Å². The number of carbonyl (C=O) groups is 2. The van der Waals surface area contributed by atoms with Crippen LogP contribution in [-0.2, 0) is 4.79 Å². The second-order valence-corrected chi connectivity index (χ2v) is 7.55. The van der Waals surface area contributed by atoms with Crippen LogP contribution in [0.4, 0.5) is 10.5 Å². The van der Waals surface area contributed by atoms with E-state index < -0.39 is 0 Å². The molecule has 0 bridgehead atoms. The summed E-state index contributed by atoms with van der Waals surface area (Å²) in [6.45, 7) is 2.03. The number of urea groups is 1. The van der Waals surface area contributed by atoms with Crippen molar-refractivity contribution in [1.29, 1.82) is 0 Å². The second-order valence-electron chi connectivity index (χ2n) is 6.28. The number of unbranched alkanes of at least 4 members (excludes halogenated alkanes) is 1. The summed E-state index contributed by atoms with van der Waals surface area (Å²) in [4.78, 5) is 23.3. The number of nitrogens with one attached hydrogen (secondary N) is 3. The van der Waals surface area contributed by atoms with Gasteiger partial charge in [0.05, 0.1) is 12.1 Å². The summed E-state index contributed by atoms with van der Waals surface area (Å²) in [5.74, 6) is 1.06. The summed E-state index contributed by atoms with van der Waals surface area (Å²) in [6, 6.07) is 8.34. The zero-order valence-corrected chi connectivity index (χ0v) is 14.1. The molecule has 2 heterocycles. The van der Waals surface area contributed by atoms with Crippen LogP contribution in [0.2, 0.25) is 0 Å². The largest absolute Gasteiger partial charge is 0.332 e. The number of hydrogen-bond acceptors (Lipinski definition) is 3. The normalized spacial score (nSPS) is 25.6. The first kappa shape index (κ1) is 16.2. The van der Waals surface area contributed by atoms with Crippen LogP contribution in [0.25, 0.3) is 0 Å². The van der Waals surface area contributed by atoms with Gasteiger partial charge in [0.1, 0.15) is 0 Å². The van der Waals surface area contributed by atoms with Crippen molar-refractivity contribution in [3.8, 4) is 0 Å². The Morgan fingerprint density at radius 2 is 2.04 bits per heavy atom. The van der Waals surface area contributed by atoms with E-state index in [0.29, 0.717) is 11.7 Å². The lowest BCUT2D eigenvalue weighted by molar-refractivity contribution is -0.116. The van der Waals surface area contributed by atoms with Crippen LogP contribution in [0, 0.1) is 6.92 Å². The number of carbonyl (C=O) groups excluding carboxylic acids is 2. The number of thioether (sulfide) groups is 1. The summed E-state index contributed by atoms with van der Waals surface area (Å²) in [6.07, 6.45) is 3.49. The van der Waals surface area contributed by atoms with Crippen molar-refractivity contribution in [2.75, 3.05) is 11.1 Å². The molecule has 0 radical (unpaired) electrons. The van der Waals surface area contributed by atoms with Crippen molar-refractivity contribution < 1.29 is 9.59 Å². The number of benzene rings is 1. The molecule has 3 rings (SSSR count). The lowest BCUT2D eigenvalue weighted by atomic mass is 10.0. The SMILES string of the molecule is Cc1ccc(NC(=O)CCCCC2SC[C@@H]3NC(=O)N[C@H]23)cc1. The van der Waals surface area contributed by atoms with E-state index in [4.69, 9.17) is 0 Å². The minimum Gasteiger partial charge on any atom is -0.332 e. The zero-order valence-electron chi connectivity index (χ0n) is 13.3. The van der Waals surface area contributed by atoms with E-state index in [-0.39, 0.29) is 24.0 Å². The molecule has 23 heavy (non-hydrogen) atoms. The Morgan fingerprint density at radius 1 is 1.26 bits per heavy atom. The molecule has 2 aliphatic heterocycles. The second kappa shape index (κ2) is 7.25. The molecule has 0 saturated carbocycles. The topological polar surface area (TPSA) is 70.2 Å². The third kappa shape index (κ3) is 4.19. The summed E-state index contributed by atoms with van der Waals surface area (Å²) in [7, 11) is 0. The highest BCUT2D eigenvalue weighted by molar-refractivity contribution is 8.00. The predicted molar refractivity (Wildman–Crippen MR) is 93.8 cm³/mol. The predicted octanol–water partition coefficient (Wildman–Crippen LogP) is 2.66. The molecule has 2 fully saturated rings. The maximum atomic E-state index is 11.9. The van der Waals surface area contributed by atoms with E-state index in [1.807, 2.05) is 43.0 Å². The van der Waals surface area contributed by atoms with Gasteiger partial charge in [-0.3, -0.25) is 4.79 Å². The van der Waals surface area contributed by atoms with Crippen LogP contribution >= 0.6 is 11.8 Å². The van der Waals surface area contributed by atoms with Crippen molar-refractivity contribution in [1.82, 2.24) is 10.6 Å². The number of aryl methyl sites for hydroxylation is 1. The smallest absolute Gasteiger partial charge is 0.315 e. The molecule has 3 amide bonds. The highest BCUT2D eigenvalue weighted by Gasteiger charge is 2.42. The average Bonchev–Trinajstić information content (AvgIpc) is 3.06. The van der Waals surface area contributed by atoms with Crippen molar-refractivity contribution in [3.63, 3.8) is 0 Å². The van der Waals surface area contributed by atoms with Crippen LogP contribution < -0.4 is 16.0 Å². The fourth-order valence-corrected chi connectivity index (χ4v) is 4.68. The summed E-state index contributed by atoms with van der Waals surface area (Å²) in [5, 5.41) is 9.35. The molecule has 0 aliphatic carbocycles. The molecule has 2 aliphatic rings. The standard InChI is InChI=1S/C17H23N3O2S/c1-11-6-8-12(9-7-11)18-15(21)5-3-2-4-14-16-13(10-23-14)19-17(22)20-16/h6-9,13-14,16H,2-5,10H2,1H3,(H,18,21)(H2,19,20,22)/t13-,14?,16-/m0/s1. The molecule has 0 spiro atoms. The lowest BCUT2D eigenvalue weighted by Gasteiger charge is -2.16. The first-order valence-corrected chi connectivity index (χ1v) is 9.22. The molecule has 5 nitrogen and oxygen atoms in total. The van der Waals surface area contributed by atoms with Gasteiger partial charge in [0.25, 0.3) is 0 Å². The van der Waals surface area contributed by atoms with E-state index in [1.165, 1.54) is 5.56 Å². The molecule has 124 valence electrons. The molecule has 3 atom stereocenters. The number of anilines is 1. The van der Waals surface area contributed by atoms with E-state index in [2.05, 4.69) is 16.0 Å². The molecule has 0 aromatic heterocycles. The first-order valence-electron chi connectivity index (χ1n) is 8.17. The Kier molecular flexibility index (Phi) is 5.10. The Morgan fingerprint density at radius 3 is 2.83 bits per heavy atom. The quantitative estimate of drug-likeness (QED) is 0.554. The summed E-state index contributed by atoms with van der Waals surface area (Å²) in [5.41, 5.74) is 2.04. The molecule has 1 unspecified atom stereocenters. The fourth-order valence-electron chi connectivity index (χ4n) is 3.13. The molecule has 3 N–H and O–H groups in total. The third-order valence-corrected chi connectivity index (χ3v) is 5.92. The molecule has 2 saturated heterocycles. The number of fused-ring (bicyclic) bond motifs is 1. The van der Waals surface area contributed by atoms with Gasteiger partial charge < -0.3 is 16.0 Å². The minimum atomic E-state index is -0.0391. The van der Waals surface area contributed by atoms with Gasteiger partial charge in [0, 0.05) is 23.1 Å². The number of rotatable bonds is 6. The number of amides is 3. The molecule has 1 aromatic rings. The maximum absolute atomic E-state index is 11.9. The fraction of sp³-hybridized carbons (Fsp3) is 0.529. The van der Waals surface area contributed by atoms with Gasteiger partial charge in [-0.1, -0.05) is 24.1 Å². The van der Waals surface area contributed by atoms with Gasteiger partial charge in [-0.15, -0.1) is 0 Å². The molecule has 6 heteroatoms. The minimum absolute atomic E-state index is 0.0391. The van der Waals surface area contributed by atoms with Crippen molar-refractivity contribution in [2.45, 2.75) is 49.9 Å². The maximum Gasteiger partial charge on any atom is 0.315 e. The Hall–Kier alpha value is -1.69. The monoisotopic (exact) mass is 333 g/mol. The van der Waals surface area contributed by atoms with E-state index in [1.54, 1.807) is 0 Å².